The van der Waals surface area contributed by atoms with Gasteiger partial charge in [0.05, 0.1) is 12.6 Å². The third-order valence-electron chi connectivity index (χ3n) is 1.92. The molecule has 1 rings (SSSR count). The molecule has 0 spiro atoms. The molecule has 0 aliphatic heterocycles. The van der Waals surface area contributed by atoms with Gasteiger partial charge in [-0.25, -0.2) is 0 Å². The molecule has 68 valence electrons. The van der Waals surface area contributed by atoms with Crippen molar-refractivity contribution in [3.8, 4) is 0 Å². The van der Waals surface area contributed by atoms with Crippen molar-refractivity contribution in [1.82, 2.24) is 0 Å². The first kappa shape index (κ1) is 9.33. The van der Waals surface area contributed by atoms with Crippen LogP contribution in [0.25, 0.3) is 0 Å². The van der Waals surface area contributed by atoms with Crippen LogP contribution in [0.2, 0.25) is 0 Å². The summed E-state index contributed by atoms with van der Waals surface area (Å²) in [7, 11) is 0. The van der Waals surface area contributed by atoms with Crippen molar-refractivity contribution in [2.75, 3.05) is 6.61 Å². The molecule has 0 aromatic rings. The van der Waals surface area contributed by atoms with Crippen LogP contribution in [0.1, 0.15) is 26.2 Å². The number of nitrogens with two attached hydrogens (primary N) is 1. The lowest BCUT2D eigenvalue weighted by Crippen LogP contribution is -2.25. The molecule has 0 heterocycles. The molecule has 12 heavy (non-hydrogen) atoms. The lowest BCUT2D eigenvalue weighted by molar-refractivity contribution is 0.188. The minimum absolute atomic E-state index is 0.0758. The Hall–Kier alpha value is -0.760. The Kier molecular flexibility index (Phi) is 3.88. The van der Waals surface area contributed by atoms with Crippen LogP contribution in [0, 0.1) is 0 Å². The molecule has 0 aromatic heterocycles. The van der Waals surface area contributed by atoms with E-state index in [9.17, 15) is 0 Å². The van der Waals surface area contributed by atoms with Crippen molar-refractivity contribution < 1.29 is 4.74 Å². The minimum Gasteiger partial charge on any atom is -0.496 e. The van der Waals surface area contributed by atoms with E-state index in [4.69, 9.17) is 10.5 Å². The number of ether oxygens (including phenoxy) is 1. The van der Waals surface area contributed by atoms with Gasteiger partial charge in [-0.05, 0) is 18.9 Å². The summed E-state index contributed by atoms with van der Waals surface area (Å²) in [5.74, 6) is 0.936. The van der Waals surface area contributed by atoms with Gasteiger partial charge in [-0.1, -0.05) is 25.5 Å². The third-order valence-corrected chi connectivity index (χ3v) is 1.92. The summed E-state index contributed by atoms with van der Waals surface area (Å²) in [6.07, 6.45) is 9.20. The fourth-order valence-electron chi connectivity index (χ4n) is 1.12. The van der Waals surface area contributed by atoms with Crippen molar-refractivity contribution in [1.29, 1.82) is 0 Å². The van der Waals surface area contributed by atoms with E-state index in [1.807, 2.05) is 12.2 Å². The molecule has 1 unspecified atom stereocenters. The number of hydrogen-bond donors (Lipinski definition) is 1. The van der Waals surface area contributed by atoms with Crippen molar-refractivity contribution in [2.45, 2.75) is 32.2 Å². The first-order valence-corrected chi connectivity index (χ1v) is 4.59. The maximum atomic E-state index is 5.82. The molecule has 0 saturated heterocycles. The summed E-state index contributed by atoms with van der Waals surface area (Å²) >= 11 is 0. The van der Waals surface area contributed by atoms with E-state index in [-0.39, 0.29) is 6.04 Å². The van der Waals surface area contributed by atoms with Crippen LogP contribution in [-0.4, -0.2) is 12.6 Å². The van der Waals surface area contributed by atoms with Gasteiger partial charge < -0.3 is 10.5 Å². The van der Waals surface area contributed by atoms with Gasteiger partial charge in [0.25, 0.3) is 0 Å². The summed E-state index contributed by atoms with van der Waals surface area (Å²) in [6.45, 7) is 2.95. The predicted octanol–water partition coefficient (Wildman–Crippen LogP) is 1.97. The lowest BCUT2D eigenvalue weighted by Gasteiger charge is -2.17. The van der Waals surface area contributed by atoms with Gasteiger partial charge in [-0.15, -0.1) is 0 Å². The van der Waals surface area contributed by atoms with Gasteiger partial charge in [0, 0.05) is 0 Å². The van der Waals surface area contributed by atoms with Crippen LogP contribution < -0.4 is 5.73 Å². The second-order valence-electron chi connectivity index (χ2n) is 3.04. The maximum Gasteiger partial charge on any atom is 0.113 e. The van der Waals surface area contributed by atoms with E-state index in [0.29, 0.717) is 0 Å². The number of rotatable bonds is 4. The summed E-state index contributed by atoms with van der Waals surface area (Å²) in [5.41, 5.74) is 5.82. The smallest absolute Gasteiger partial charge is 0.113 e. The zero-order valence-corrected chi connectivity index (χ0v) is 7.62. The molecule has 0 aromatic carbocycles. The molecule has 0 saturated carbocycles. The molecule has 1 aliphatic rings. The lowest BCUT2D eigenvalue weighted by atomic mass is 10.1. The zero-order valence-electron chi connectivity index (χ0n) is 7.62. The van der Waals surface area contributed by atoms with Crippen LogP contribution in [-0.2, 0) is 4.74 Å². The Morgan fingerprint density at radius 1 is 1.67 bits per heavy atom. The molecule has 2 nitrogen and oxygen atoms in total. The largest absolute Gasteiger partial charge is 0.496 e. The fourth-order valence-corrected chi connectivity index (χ4v) is 1.12. The molecule has 0 bridgehead atoms. The first-order chi connectivity index (χ1) is 5.84. The van der Waals surface area contributed by atoms with Gasteiger partial charge in [0.2, 0.25) is 0 Å². The van der Waals surface area contributed by atoms with Gasteiger partial charge >= 0.3 is 0 Å². The van der Waals surface area contributed by atoms with E-state index < -0.39 is 0 Å². The molecular formula is C10H17NO. The van der Waals surface area contributed by atoms with Crippen molar-refractivity contribution in [2.24, 2.45) is 5.73 Å². The van der Waals surface area contributed by atoms with Crippen LogP contribution in [0.5, 0.6) is 0 Å². The summed E-state index contributed by atoms with van der Waals surface area (Å²) in [6, 6.07) is 0.0758. The monoisotopic (exact) mass is 167 g/mol. The molecule has 0 fully saturated rings. The number of allylic oxidation sites excluding steroid dienone is 2. The molecule has 0 amide bonds. The highest BCUT2D eigenvalue weighted by atomic mass is 16.5. The Bertz CT molecular complexity index is 184. The van der Waals surface area contributed by atoms with Crippen LogP contribution >= 0.6 is 0 Å². The number of unbranched alkanes of at least 4 members (excludes halogenated alkanes) is 1. The van der Waals surface area contributed by atoms with Crippen LogP contribution in [0.15, 0.2) is 24.0 Å². The van der Waals surface area contributed by atoms with E-state index in [1.165, 1.54) is 6.42 Å². The van der Waals surface area contributed by atoms with E-state index in [1.54, 1.807) is 0 Å². The van der Waals surface area contributed by atoms with Crippen LogP contribution in [0.3, 0.4) is 0 Å². The van der Waals surface area contributed by atoms with E-state index >= 15 is 0 Å². The quantitative estimate of drug-likeness (QED) is 0.650. The molecule has 0 radical (unpaired) electrons. The highest BCUT2D eigenvalue weighted by molar-refractivity contribution is 5.18. The predicted molar refractivity (Wildman–Crippen MR) is 50.7 cm³/mol. The Labute approximate surface area is 74.1 Å². The highest BCUT2D eigenvalue weighted by Crippen LogP contribution is 2.12. The zero-order chi connectivity index (χ0) is 8.81. The maximum absolute atomic E-state index is 5.82. The third kappa shape index (κ3) is 2.70. The summed E-state index contributed by atoms with van der Waals surface area (Å²) < 4.78 is 5.52. The fraction of sp³-hybridized carbons (Fsp3) is 0.600. The Morgan fingerprint density at radius 2 is 2.50 bits per heavy atom. The molecule has 2 heteroatoms. The molecule has 1 atom stereocenters. The van der Waals surface area contributed by atoms with Gasteiger partial charge in [-0.3, -0.25) is 0 Å². The van der Waals surface area contributed by atoms with Gasteiger partial charge in [0.1, 0.15) is 5.76 Å². The topological polar surface area (TPSA) is 35.2 Å². The highest BCUT2D eigenvalue weighted by Gasteiger charge is 2.10. The van der Waals surface area contributed by atoms with Crippen molar-refractivity contribution >= 4 is 0 Å². The Morgan fingerprint density at radius 3 is 3.17 bits per heavy atom. The summed E-state index contributed by atoms with van der Waals surface area (Å²) in [5, 5.41) is 0. The van der Waals surface area contributed by atoms with E-state index in [2.05, 4.69) is 13.0 Å². The Balaban J connectivity index is 2.29. The second kappa shape index (κ2) is 4.99. The SMILES string of the molecule is CCCCOC1=CC=CCC1N. The standard InChI is InChI=1S/C10H17NO/c1-2-3-8-12-10-7-5-4-6-9(10)11/h4-5,7,9H,2-3,6,8,11H2,1H3. The average Bonchev–Trinajstić information content (AvgIpc) is 2.09. The molecule has 1 aliphatic carbocycles. The van der Waals surface area contributed by atoms with Gasteiger partial charge in [-0.2, -0.15) is 0 Å². The van der Waals surface area contributed by atoms with E-state index in [0.717, 1.165) is 25.2 Å². The summed E-state index contributed by atoms with van der Waals surface area (Å²) in [4.78, 5) is 0. The minimum atomic E-state index is 0.0758. The average molecular weight is 167 g/mol. The molecule has 2 N–H and O–H groups in total. The molecular weight excluding hydrogens is 150 g/mol. The number of hydrogen-bond acceptors (Lipinski definition) is 2. The second-order valence-corrected chi connectivity index (χ2v) is 3.04. The van der Waals surface area contributed by atoms with Crippen LogP contribution in [0.4, 0.5) is 0 Å². The first-order valence-electron chi connectivity index (χ1n) is 4.59. The normalized spacial score (nSPS) is 22.2. The van der Waals surface area contributed by atoms with Gasteiger partial charge in [0.15, 0.2) is 0 Å². The van der Waals surface area contributed by atoms with Crippen molar-refractivity contribution in [3.63, 3.8) is 0 Å². The van der Waals surface area contributed by atoms with Crippen molar-refractivity contribution in [3.05, 3.63) is 24.0 Å².